The maximum Gasteiger partial charge on any atom is 0.406 e. The lowest BCUT2D eigenvalue weighted by atomic mass is 10.2. The van der Waals surface area contributed by atoms with E-state index in [0.717, 1.165) is 0 Å². The van der Waals surface area contributed by atoms with Crippen molar-refractivity contribution >= 4 is 12.1 Å². The Morgan fingerprint density at radius 1 is 1.60 bits per heavy atom. The smallest absolute Gasteiger partial charge is 0.406 e. The van der Waals surface area contributed by atoms with Gasteiger partial charge in [0.05, 0.1) is 5.56 Å². The zero-order valence-electron chi connectivity index (χ0n) is 7.05. The van der Waals surface area contributed by atoms with E-state index in [0.29, 0.717) is 6.07 Å². The SMILES string of the molecule is O=Cc1nc([N+](=O)[O-])c(O)cc1C(F)F. The van der Waals surface area contributed by atoms with E-state index < -0.39 is 34.2 Å². The Kier molecular flexibility index (Phi) is 2.88. The number of pyridine rings is 1. The number of aromatic nitrogens is 1. The van der Waals surface area contributed by atoms with Gasteiger partial charge in [0.1, 0.15) is 0 Å². The van der Waals surface area contributed by atoms with E-state index in [-0.39, 0.29) is 6.29 Å². The summed E-state index contributed by atoms with van der Waals surface area (Å²) in [5.41, 5.74) is -1.59. The number of nitro groups is 1. The molecule has 0 fully saturated rings. The summed E-state index contributed by atoms with van der Waals surface area (Å²) in [6.07, 6.45) is -3.07. The van der Waals surface area contributed by atoms with Crippen molar-refractivity contribution < 1.29 is 23.6 Å². The fraction of sp³-hybridized carbons (Fsp3) is 0.143. The second-order valence-electron chi connectivity index (χ2n) is 2.48. The molecule has 8 heteroatoms. The lowest BCUT2D eigenvalue weighted by molar-refractivity contribution is -0.390. The summed E-state index contributed by atoms with van der Waals surface area (Å²) in [6.45, 7) is 0. The predicted molar refractivity (Wildman–Crippen MR) is 42.9 cm³/mol. The summed E-state index contributed by atoms with van der Waals surface area (Å²) in [7, 11) is 0. The first kappa shape index (κ1) is 11.0. The molecule has 0 amide bonds. The first-order chi connectivity index (χ1) is 6.97. The van der Waals surface area contributed by atoms with Crippen LogP contribution in [0, 0.1) is 10.1 Å². The summed E-state index contributed by atoms with van der Waals surface area (Å²) in [4.78, 5) is 22.5. The Labute approximate surface area is 81.3 Å². The van der Waals surface area contributed by atoms with Crippen molar-refractivity contribution in [2.45, 2.75) is 6.43 Å². The van der Waals surface area contributed by atoms with Gasteiger partial charge in [0.25, 0.3) is 6.43 Å². The highest BCUT2D eigenvalue weighted by molar-refractivity contribution is 5.75. The summed E-state index contributed by atoms with van der Waals surface area (Å²) < 4.78 is 24.5. The van der Waals surface area contributed by atoms with Crippen LogP contribution in [0.3, 0.4) is 0 Å². The zero-order chi connectivity index (χ0) is 11.6. The van der Waals surface area contributed by atoms with E-state index in [2.05, 4.69) is 4.98 Å². The maximum atomic E-state index is 12.2. The van der Waals surface area contributed by atoms with Gasteiger partial charge in [0, 0.05) is 6.07 Å². The van der Waals surface area contributed by atoms with Gasteiger partial charge in [0.2, 0.25) is 11.4 Å². The van der Waals surface area contributed by atoms with Gasteiger partial charge in [-0.3, -0.25) is 4.79 Å². The molecule has 1 N–H and O–H groups in total. The van der Waals surface area contributed by atoms with E-state index in [1.807, 2.05) is 0 Å². The number of carbonyl (C=O) groups excluding carboxylic acids is 1. The molecule has 0 radical (unpaired) electrons. The van der Waals surface area contributed by atoms with Crippen LogP contribution in [0.2, 0.25) is 0 Å². The molecule has 0 aliphatic carbocycles. The third kappa shape index (κ3) is 2.03. The van der Waals surface area contributed by atoms with Crippen LogP contribution >= 0.6 is 0 Å². The molecule has 0 saturated heterocycles. The Hall–Kier alpha value is -2.12. The molecule has 0 saturated carbocycles. The van der Waals surface area contributed by atoms with Crippen molar-refractivity contribution in [1.82, 2.24) is 4.98 Å². The van der Waals surface area contributed by atoms with E-state index in [1.165, 1.54) is 0 Å². The molecule has 1 aromatic rings. The number of alkyl halides is 2. The fourth-order valence-electron chi connectivity index (χ4n) is 0.925. The molecule has 1 aromatic heterocycles. The highest BCUT2D eigenvalue weighted by Crippen LogP contribution is 2.30. The zero-order valence-corrected chi connectivity index (χ0v) is 7.05. The third-order valence-electron chi connectivity index (χ3n) is 1.56. The molecule has 6 nitrogen and oxygen atoms in total. The van der Waals surface area contributed by atoms with Gasteiger partial charge in [0.15, 0.2) is 6.29 Å². The van der Waals surface area contributed by atoms with Gasteiger partial charge in [-0.25, -0.2) is 8.78 Å². The molecule has 15 heavy (non-hydrogen) atoms. The first-order valence-corrected chi connectivity index (χ1v) is 3.59. The lowest BCUT2D eigenvalue weighted by Crippen LogP contribution is -2.01. The second-order valence-corrected chi connectivity index (χ2v) is 2.48. The first-order valence-electron chi connectivity index (χ1n) is 3.59. The molecule has 0 atom stereocenters. The Morgan fingerprint density at radius 3 is 2.60 bits per heavy atom. The van der Waals surface area contributed by atoms with Gasteiger partial charge in [-0.05, 0) is 9.91 Å². The molecule has 0 spiro atoms. The standard InChI is InChI=1S/C7H4F2N2O4/c8-6(9)3-1-5(13)7(11(14)15)10-4(3)2-12/h1-2,6,13H. The van der Waals surface area contributed by atoms with E-state index in [4.69, 9.17) is 5.11 Å². The minimum atomic E-state index is -3.04. The van der Waals surface area contributed by atoms with Gasteiger partial charge >= 0.3 is 5.82 Å². The van der Waals surface area contributed by atoms with Gasteiger partial charge in [-0.2, -0.15) is 0 Å². The maximum absolute atomic E-state index is 12.2. The van der Waals surface area contributed by atoms with Crippen LogP contribution in [0.25, 0.3) is 0 Å². The largest absolute Gasteiger partial charge is 0.501 e. The fourth-order valence-corrected chi connectivity index (χ4v) is 0.925. The third-order valence-corrected chi connectivity index (χ3v) is 1.56. The number of carbonyl (C=O) groups is 1. The Balaban J connectivity index is 3.42. The Bertz CT molecular complexity index is 422. The normalized spacial score (nSPS) is 10.3. The summed E-state index contributed by atoms with van der Waals surface area (Å²) in [5, 5.41) is 19.2. The van der Waals surface area contributed by atoms with Crippen molar-refractivity contribution in [2.24, 2.45) is 0 Å². The summed E-state index contributed by atoms with van der Waals surface area (Å²) in [5.74, 6) is -2.03. The quantitative estimate of drug-likeness (QED) is 0.470. The number of nitrogens with zero attached hydrogens (tertiary/aromatic N) is 2. The molecular weight excluding hydrogens is 214 g/mol. The van der Waals surface area contributed by atoms with Gasteiger partial charge in [-0.1, -0.05) is 0 Å². The molecule has 0 aliphatic heterocycles. The van der Waals surface area contributed by atoms with E-state index >= 15 is 0 Å². The van der Waals surface area contributed by atoms with Crippen molar-refractivity contribution in [1.29, 1.82) is 0 Å². The Morgan fingerprint density at radius 2 is 2.20 bits per heavy atom. The monoisotopic (exact) mass is 218 g/mol. The lowest BCUT2D eigenvalue weighted by Gasteiger charge is -2.01. The molecule has 0 bridgehead atoms. The number of aromatic hydroxyl groups is 1. The van der Waals surface area contributed by atoms with Crippen LogP contribution in [-0.2, 0) is 0 Å². The molecular formula is C7H4F2N2O4. The van der Waals surface area contributed by atoms with Crippen LogP contribution in [-0.4, -0.2) is 21.3 Å². The summed E-state index contributed by atoms with van der Waals surface area (Å²) in [6, 6.07) is 0.458. The molecule has 0 aliphatic rings. The number of halogens is 2. The van der Waals surface area contributed by atoms with Crippen LogP contribution in [0.1, 0.15) is 22.5 Å². The van der Waals surface area contributed by atoms with Crippen LogP contribution in [0.5, 0.6) is 5.75 Å². The van der Waals surface area contributed by atoms with E-state index in [1.54, 1.807) is 0 Å². The number of hydrogen-bond acceptors (Lipinski definition) is 5. The van der Waals surface area contributed by atoms with Crippen molar-refractivity contribution in [3.8, 4) is 5.75 Å². The minimum absolute atomic E-state index is 0.0338. The molecule has 0 unspecified atom stereocenters. The minimum Gasteiger partial charge on any atom is -0.501 e. The highest BCUT2D eigenvalue weighted by Gasteiger charge is 2.25. The van der Waals surface area contributed by atoms with Crippen LogP contribution in [0.15, 0.2) is 6.07 Å². The molecule has 1 rings (SSSR count). The predicted octanol–water partition coefficient (Wildman–Crippen LogP) is 1.45. The molecule has 1 heterocycles. The van der Waals surface area contributed by atoms with Crippen LogP contribution in [0.4, 0.5) is 14.6 Å². The van der Waals surface area contributed by atoms with Gasteiger partial charge in [-0.15, -0.1) is 0 Å². The molecule has 80 valence electrons. The number of aldehydes is 1. The average Bonchev–Trinajstić information content (AvgIpc) is 2.16. The van der Waals surface area contributed by atoms with Gasteiger partial charge < -0.3 is 15.2 Å². The van der Waals surface area contributed by atoms with Crippen molar-refractivity contribution in [2.75, 3.05) is 0 Å². The molecule has 0 aromatic carbocycles. The van der Waals surface area contributed by atoms with Crippen molar-refractivity contribution in [3.05, 3.63) is 27.4 Å². The number of hydrogen-bond donors (Lipinski definition) is 1. The second kappa shape index (κ2) is 3.95. The highest BCUT2D eigenvalue weighted by atomic mass is 19.3. The topological polar surface area (TPSA) is 93.3 Å². The summed E-state index contributed by atoms with van der Waals surface area (Å²) >= 11 is 0. The van der Waals surface area contributed by atoms with Crippen LogP contribution < -0.4 is 0 Å². The average molecular weight is 218 g/mol. The van der Waals surface area contributed by atoms with E-state index in [9.17, 15) is 23.7 Å². The number of rotatable bonds is 3. The van der Waals surface area contributed by atoms with Crippen molar-refractivity contribution in [3.63, 3.8) is 0 Å².